The smallest absolute Gasteiger partial charge is 0.0805 e. The third-order valence-corrected chi connectivity index (χ3v) is 3.99. The minimum Gasteiger partial charge on any atom is -0.394 e. The van der Waals surface area contributed by atoms with Crippen LogP contribution in [0.15, 0.2) is 0 Å². The maximum absolute atomic E-state index is 9.11. The summed E-state index contributed by atoms with van der Waals surface area (Å²) < 4.78 is 5.44. The summed E-state index contributed by atoms with van der Waals surface area (Å²) in [5.74, 6) is 0. The van der Waals surface area contributed by atoms with Gasteiger partial charge in [0.15, 0.2) is 0 Å². The standard InChI is InChI=1S/C18H38O2/c1-3-5-6-7-8-9-10-11-12-13-14-15-16-18(17-19)20-4-2/h18-19H,3-17H2,1-2H3/t18-/m0/s1. The van der Waals surface area contributed by atoms with Crippen molar-refractivity contribution in [3.63, 3.8) is 0 Å². The Hall–Kier alpha value is -0.0800. The van der Waals surface area contributed by atoms with Crippen LogP contribution in [0.3, 0.4) is 0 Å². The van der Waals surface area contributed by atoms with Crippen LogP contribution < -0.4 is 0 Å². The molecule has 20 heavy (non-hydrogen) atoms. The van der Waals surface area contributed by atoms with Crippen molar-refractivity contribution in [3.8, 4) is 0 Å². The zero-order chi connectivity index (χ0) is 14.9. The third kappa shape index (κ3) is 14.3. The molecule has 0 saturated carbocycles. The molecule has 0 aliphatic rings. The van der Waals surface area contributed by atoms with E-state index in [-0.39, 0.29) is 12.7 Å². The lowest BCUT2D eigenvalue weighted by atomic mass is 10.0. The minimum atomic E-state index is 0.0723. The fourth-order valence-corrected chi connectivity index (χ4v) is 2.68. The van der Waals surface area contributed by atoms with Crippen molar-refractivity contribution in [2.45, 2.75) is 103 Å². The summed E-state index contributed by atoms with van der Waals surface area (Å²) in [5, 5.41) is 9.11. The monoisotopic (exact) mass is 286 g/mol. The molecule has 0 fully saturated rings. The van der Waals surface area contributed by atoms with Gasteiger partial charge in [-0.25, -0.2) is 0 Å². The molecule has 0 rings (SSSR count). The first-order valence-corrected chi connectivity index (χ1v) is 9.07. The van der Waals surface area contributed by atoms with E-state index in [0.717, 1.165) is 6.42 Å². The van der Waals surface area contributed by atoms with E-state index in [4.69, 9.17) is 9.84 Å². The number of rotatable bonds is 16. The van der Waals surface area contributed by atoms with Gasteiger partial charge in [-0.1, -0.05) is 84.0 Å². The molecule has 0 aliphatic heterocycles. The quantitative estimate of drug-likeness (QED) is 0.381. The van der Waals surface area contributed by atoms with Crippen LogP contribution in [-0.2, 0) is 4.74 Å². The molecule has 1 N–H and O–H groups in total. The van der Waals surface area contributed by atoms with Gasteiger partial charge in [-0.3, -0.25) is 0 Å². The van der Waals surface area contributed by atoms with Gasteiger partial charge in [0.25, 0.3) is 0 Å². The van der Waals surface area contributed by atoms with Gasteiger partial charge < -0.3 is 9.84 Å². The predicted octanol–water partition coefficient (Wildman–Crippen LogP) is 5.48. The molecule has 0 heterocycles. The lowest BCUT2D eigenvalue weighted by Gasteiger charge is -2.13. The molecular formula is C18H38O2. The Morgan fingerprint density at radius 1 is 0.700 bits per heavy atom. The molecule has 1 atom stereocenters. The van der Waals surface area contributed by atoms with Crippen molar-refractivity contribution in [2.24, 2.45) is 0 Å². The Labute approximate surface area is 127 Å². The summed E-state index contributed by atoms with van der Waals surface area (Å²) in [5.41, 5.74) is 0. The number of hydrogen-bond donors (Lipinski definition) is 1. The molecule has 0 amide bonds. The van der Waals surface area contributed by atoms with E-state index in [1.165, 1.54) is 77.0 Å². The van der Waals surface area contributed by atoms with Crippen LogP contribution in [0.4, 0.5) is 0 Å². The first-order valence-electron chi connectivity index (χ1n) is 9.07. The molecule has 2 heteroatoms. The van der Waals surface area contributed by atoms with Gasteiger partial charge in [0.2, 0.25) is 0 Å². The fraction of sp³-hybridized carbons (Fsp3) is 1.00. The van der Waals surface area contributed by atoms with Crippen LogP contribution >= 0.6 is 0 Å². The van der Waals surface area contributed by atoms with Crippen LogP contribution in [0.2, 0.25) is 0 Å². The lowest BCUT2D eigenvalue weighted by Crippen LogP contribution is -2.17. The highest BCUT2D eigenvalue weighted by Crippen LogP contribution is 2.13. The van der Waals surface area contributed by atoms with E-state index in [0.29, 0.717) is 6.61 Å². The van der Waals surface area contributed by atoms with Crippen LogP contribution in [-0.4, -0.2) is 24.4 Å². The van der Waals surface area contributed by atoms with Gasteiger partial charge in [-0.2, -0.15) is 0 Å². The molecule has 0 bridgehead atoms. The van der Waals surface area contributed by atoms with Crippen molar-refractivity contribution in [1.82, 2.24) is 0 Å². The van der Waals surface area contributed by atoms with E-state index >= 15 is 0 Å². The fourth-order valence-electron chi connectivity index (χ4n) is 2.68. The van der Waals surface area contributed by atoms with E-state index in [9.17, 15) is 0 Å². The molecule has 0 aliphatic carbocycles. The minimum absolute atomic E-state index is 0.0723. The summed E-state index contributed by atoms with van der Waals surface area (Å²) in [4.78, 5) is 0. The molecule has 0 spiro atoms. The molecule has 122 valence electrons. The Morgan fingerprint density at radius 2 is 1.15 bits per heavy atom. The molecule has 0 radical (unpaired) electrons. The summed E-state index contributed by atoms with van der Waals surface area (Å²) in [7, 11) is 0. The van der Waals surface area contributed by atoms with E-state index in [2.05, 4.69) is 6.92 Å². The van der Waals surface area contributed by atoms with Crippen LogP contribution in [0, 0.1) is 0 Å². The normalized spacial score (nSPS) is 12.8. The molecule has 0 aromatic rings. The second-order valence-electron chi connectivity index (χ2n) is 5.94. The SMILES string of the molecule is CCCCCCCCCCCCCC[C@@H](CO)OCC. The molecule has 0 aromatic heterocycles. The van der Waals surface area contributed by atoms with E-state index in [1.54, 1.807) is 0 Å². The molecule has 0 saturated heterocycles. The van der Waals surface area contributed by atoms with Crippen molar-refractivity contribution >= 4 is 0 Å². The second-order valence-corrected chi connectivity index (χ2v) is 5.94. The summed E-state index contributed by atoms with van der Waals surface area (Å²) in [6, 6.07) is 0. The van der Waals surface area contributed by atoms with Crippen molar-refractivity contribution in [2.75, 3.05) is 13.2 Å². The van der Waals surface area contributed by atoms with E-state index in [1.807, 2.05) is 6.92 Å². The second kappa shape index (κ2) is 17.0. The van der Waals surface area contributed by atoms with Gasteiger partial charge in [0.1, 0.15) is 0 Å². The maximum Gasteiger partial charge on any atom is 0.0805 e. The summed E-state index contributed by atoms with van der Waals surface area (Å²) >= 11 is 0. The largest absolute Gasteiger partial charge is 0.394 e. The Balaban J connectivity index is 3.09. The molecule has 2 nitrogen and oxygen atoms in total. The number of hydrogen-bond acceptors (Lipinski definition) is 2. The van der Waals surface area contributed by atoms with Gasteiger partial charge in [0, 0.05) is 6.61 Å². The average molecular weight is 286 g/mol. The summed E-state index contributed by atoms with van der Waals surface area (Å²) in [6.45, 7) is 5.15. The van der Waals surface area contributed by atoms with Gasteiger partial charge >= 0.3 is 0 Å². The van der Waals surface area contributed by atoms with Crippen LogP contribution in [0.1, 0.15) is 97.3 Å². The number of aliphatic hydroxyl groups excluding tert-OH is 1. The van der Waals surface area contributed by atoms with Gasteiger partial charge in [-0.05, 0) is 13.3 Å². The highest BCUT2D eigenvalue weighted by Gasteiger charge is 2.05. The number of aliphatic hydroxyl groups is 1. The zero-order valence-electron chi connectivity index (χ0n) is 14.0. The number of ether oxygens (including phenoxy) is 1. The van der Waals surface area contributed by atoms with Gasteiger partial charge in [0.05, 0.1) is 12.7 Å². The Morgan fingerprint density at radius 3 is 1.55 bits per heavy atom. The first-order chi connectivity index (χ1) is 9.85. The number of unbranched alkanes of at least 4 members (excludes halogenated alkanes) is 11. The molecule has 0 unspecified atom stereocenters. The molecule has 0 aromatic carbocycles. The molecular weight excluding hydrogens is 248 g/mol. The van der Waals surface area contributed by atoms with Crippen LogP contribution in [0.25, 0.3) is 0 Å². The summed E-state index contributed by atoms with van der Waals surface area (Å²) in [6.07, 6.45) is 17.6. The zero-order valence-corrected chi connectivity index (χ0v) is 14.0. The first kappa shape index (κ1) is 19.9. The van der Waals surface area contributed by atoms with Crippen molar-refractivity contribution in [3.05, 3.63) is 0 Å². The Kier molecular flexibility index (Phi) is 16.9. The van der Waals surface area contributed by atoms with Crippen LogP contribution in [0.5, 0.6) is 0 Å². The highest BCUT2D eigenvalue weighted by atomic mass is 16.5. The highest BCUT2D eigenvalue weighted by molar-refractivity contribution is 4.56. The van der Waals surface area contributed by atoms with Gasteiger partial charge in [-0.15, -0.1) is 0 Å². The third-order valence-electron chi connectivity index (χ3n) is 3.99. The van der Waals surface area contributed by atoms with Crippen molar-refractivity contribution < 1.29 is 9.84 Å². The average Bonchev–Trinajstić information content (AvgIpc) is 2.47. The lowest BCUT2D eigenvalue weighted by molar-refractivity contribution is 0.0136. The predicted molar refractivity (Wildman–Crippen MR) is 88.2 cm³/mol. The topological polar surface area (TPSA) is 29.5 Å². The van der Waals surface area contributed by atoms with E-state index < -0.39 is 0 Å². The Bertz CT molecular complexity index is 171. The van der Waals surface area contributed by atoms with Crippen molar-refractivity contribution in [1.29, 1.82) is 0 Å². The maximum atomic E-state index is 9.11.